The Hall–Kier alpha value is -2.27. The zero-order valence-corrected chi connectivity index (χ0v) is 11.2. The summed E-state index contributed by atoms with van der Waals surface area (Å²) in [6, 6.07) is 10.7. The van der Waals surface area contributed by atoms with Crippen molar-refractivity contribution in [1.82, 2.24) is 25.3 Å². The van der Waals surface area contributed by atoms with Gasteiger partial charge in [-0.05, 0) is 19.1 Å². The molecule has 0 amide bonds. The molecule has 1 saturated heterocycles. The van der Waals surface area contributed by atoms with Crippen LogP contribution in [-0.2, 0) is 0 Å². The minimum atomic E-state index is 0.436. The Balaban J connectivity index is 1.86. The van der Waals surface area contributed by atoms with Crippen LogP contribution in [0.4, 0.5) is 0 Å². The van der Waals surface area contributed by atoms with E-state index in [-0.39, 0.29) is 0 Å². The van der Waals surface area contributed by atoms with Crippen LogP contribution < -0.4 is 5.32 Å². The van der Waals surface area contributed by atoms with Crippen LogP contribution in [-0.4, -0.2) is 33.1 Å². The molecule has 2 aromatic heterocycles. The van der Waals surface area contributed by atoms with Crippen LogP contribution in [0.1, 0.15) is 11.7 Å². The number of nitrogens with one attached hydrogen (secondary N) is 1. The van der Waals surface area contributed by atoms with Gasteiger partial charge in [0, 0.05) is 29.7 Å². The fraction of sp³-hybridized carbons (Fsp3) is 0.267. The number of aromatic nitrogens is 4. The topological polar surface area (TPSA) is 55.6 Å². The normalized spacial score (nSPS) is 15.4. The Morgan fingerprint density at radius 3 is 2.90 bits per heavy atom. The second-order valence-electron chi connectivity index (χ2n) is 5.22. The van der Waals surface area contributed by atoms with Crippen LogP contribution >= 0.6 is 0 Å². The lowest BCUT2D eigenvalue weighted by atomic mass is 10.1. The number of benzene rings is 1. The van der Waals surface area contributed by atoms with Gasteiger partial charge in [-0.25, -0.2) is 4.68 Å². The van der Waals surface area contributed by atoms with Gasteiger partial charge in [0.25, 0.3) is 0 Å². The number of fused-ring (bicyclic) bond motifs is 1. The molecule has 0 unspecified atom stereocenters. The van der Waals surface area contributed by atoms with Crippen LogP contribution in [0.5, 0.6) is 0 Å². The monoisotopic (exact) mass is 265 g/mol. The first-order valence-electron chi connectivity index (χ1n) is 6.80. The fourth-order valence-corrected chi connectivity index (χ4v) is 2.56. The summed E-state index contributed by atoms with van der Waals surface area (Å²) in [5.41, 5.74) is 4.02. The number of nitrogens with zero attached hydrogens (tertiary/aromatic N) is 4. The summed E-state index contributed by atoms with van der Waals surface area (Å²) < 4.78 is 1.95. The quantitative estimate of drug-likeness (QED) is 0.769. The van der Waals surface area contributed by atoms with Crippen LogP contribution in [0, 0.1) is 6.92 Å². The number of aryl methyl sites for hydroxylation is 1. The zero-order chi connectivity index (χ0) is 13.5. The molecule has 1 aliphatic rings. The van der Waals surface area contributed by atoms with E-state index < -0.39 is 0 Å². The molecule has 1 aliphatic heterocycles. The van der Waals surface area contributed by atoms with Gasteiger partial charge in [-0.1, -0.05) is 23.4 Å². The predicted octanol–water partition coefficient (Wildman–Crippen LogP) is 1.95. The maximum Gasteiger partial charge on any atom is 0.113 e. The molecule has 5 nitrogen and oxygen atoms in total. The van der Waals surface area contributed by atoms with E-state index in [1.807, 2.05) is 36.0 Å². The van der Waals surface area contributed by atoms with E-state index in [4.69, 9.17) is 0 Å². The highest BCUT2D eigenvalue weighted by Gasteiger charge is 2.20. The van der Waals surface area contributed by atoms with E-state index >= 15 is 0 Å². The van der Waals surface area contributed by atoms with Crippen molar-refractivity contribution >= 4 is 10.9 Å². The van der Waals surface area contributed by atoms with Crippen LogP contribution in [0.2, 0.25) is 0 Å². The lowest BCUT2D eigenvalue weighted by Crippen LogP contribution is -2.43. The molecular formula is C15H15N5. The van der Waals surface area contributed by atoms with E-state index in [0.717, 1.165) is 40.9 Å². The van der Waals surface area contributed by atoms with Gasteiger partial charge in [0.05, 0.1) is 17.8 Å². The van der Waals surface area contributed by atoms with E-state index in [1.165, 1.54) is 0 Å². The minimum absolute atomic E-state index is 0.436. The molecule has 1 aromatic carbocycles. The van der Waals surface area contributed by atoms with Crippen LogP contribution in [0.25, 0.3) is 22.2 Å². The van der Waals surface area contributed by atoms with E-state index in [9.17, 15) is 0 Å². The number of hydrogen-bond donors (Lipinski definition) is 1. The maximum absolute atomic E-state index is 4.57. The molecule has 0 radical (unpaired) electrons. The third-order valence-corrected chi connectivity index (χ3v) is 3.76. The molecule has 0 atom stereocenters. The Morgan fingerprint density at radius 2 is 2.10 bits per heavy atom. The Kier molecular flexibility index (Phi) is 2.53. The summed E-state index contributed by atoms with van der Waals surface area (Å²) in [6.45, 7) is 3.95. The minimum Gasteiger partial charge on any atom is -0.312 e. The molecule has 3 heterocycles. The van der Waals surface area contributed by atoms with E-state index in [1.54, 1.807) is 0 Å². The molecule has 20 heavy (non-hydrogen) atoms. The van der Waals surface area contributed by atoms with Crippen molar-refractivity contribution in [3.05, 3.63) is 42.2 Å². The summed E-state index contributed by atoms with van der Waals surface area (Å²) in [5, 5.41) is 13.0. The number of pyridine rings is 1. The molecule has 100 valence electrons. The Bertz CT molecular complexity index is 773. The maximum atomic E-state index is 4.57. The zero-order valence-electron chi connectivity index (χ0n) is 11.2. The summed E-state index contributed by atoms with van der Waals surface area (Å²) in [4.78, 5) is 4.57. The third-order valence-electron chi connectivity index (χ3n) is 3.76. The van der Waals surface area contributed by atoms with Crippen LogP contribution in [0.15, 0.2) is 36.5 Å². The number of rotatable bonds is 2. The lowest BCUT2D eigenvalue weighted by Gasteiger charge is -2.26. The van der Waals surface area contributed by atoms with Crippen molar-refractivity contribution in [2.75, 3.05) is 13.1 Å². The Morgan fingerprint density at radius 1 is 1.25 bits per heavy atom. The third kappa shape index (κ3) is 1.78. The molecule has 0 spiro atoms. The highest BCUT2D eigenvalue weighted by molar-refractivity contribution is 5.93. The number of hydrogen-bond acceptors (Lipinski definition) is 4. The molecule has 4 rings (SSSR count). The first-order valence-corrected chi connectivity index (χ1v) is 6.80. The van der Waals surface area contributed by atoms with Crippen molar-refractivity contribution in [2.45, 2.75) is 13.0 Å². The molecule has 3 aromatic rings. The van der Waals surface area contributed by atoms with E-state index in [0.29, 0.717) is 6.04 Å². The molecule has 0 aliphatic carbocycles. The molecule has 1 fully saturated rings. The smallest absolute Gasteiger partial charge is 0.113 e. The Labute approximate surface area is 116 Å². The summed E-state index contributed by atoms with van der Waals surface area (Å²) in [6.07, 6.45) is 2.03. The van der Waals surface area contributed by atoms with E-state index in [2.05, 4.69) is 32.7 Å². The second kappa shape index (κ2) is 4.38. The first-order chi connectivity index (χ1) is 9.81. The van der Waals surface area contributed by atoms with Gasteiger partial charge in [-0.15, -0.1) is 5.10 Å². The highest BCUT2D eigenvalue weighted by atomic mass is 15.4. The first kappa shape index (κ1) is 11.5. The summed E-state index contributed by atoms with van der Waals surface area (Å²) in [5.74, 6) is 0. The van der Waals surface area contributed by atoms with Gasteiger partial charge < -0.3 is 5.32 Å². The second-order valence-corrected chi connectivity index (χ2v) is 5.22. The average Bonchev–Trinajstić information content (AvgIpc) is 2.85. The van der Waals surface area contributed by atoms with Gasteiger partial charge in [-0.2, -0.15) is 0 Å². The van der Waals surface area contributed by atoms with Crippen molar-refractivity contribution in [3.8, 4) is 11.3 Å². The van der Waals surface area contributed by atoms with Gasteiger partial charge in [-0.3, -0.25) is 4.98 Å². The van der Waals surface area contributed by atoms with Gasteiger partial charge >= 0.3 is 0 Å². The summed E-state index contributed by atoms with van der Waals surface area (Å²) >= 11 is 0. The van der Waals surface area contributed by atoms with Crippen molar-refractivity contribution in [3.63, 3.8) is 0 Å². The lowest BCUT2D eigenvalue weighted by molar-refractivity contribution is 0.313. The van der Waals surface area contributed by atoms with Gasteiger partial charge in [0.2, 0.25) is 0 Å². The molecule has 0 bridgehead atoms. The highest BCUT2D eigenvalue weighted by Crippen LogP contribution is 2.27. The largest absolute Gasteiger partial charge is 0.312 e. The van der Waals surface area contributed by atoms with Crippen LogP contribution in [0.3, 0.4) is 0 Å². The molecule has 5 heteroatoms. The fourth-order valence-electron chi connectivity index (χ4n) is 2.56. The van der Waals surface area contributed by atoms with Crippen molar-refractivity contribution in [1.29, 1.82) is 0 Å². The standard InChI is InChI=1S/C15H15N5/c1-10-6-13(12-4-2-3-5-14(12)17-10)15-9-20(19-18-15)11-7-16-8-11/h2-6,9,11,16H,7-8H2,1H3. The average molecular weight is 265 g/mol. The SMILES string of the molecule is Cc1cc(-c2cn(C3CNC3)nn2)c2ccccc2n1. The molecule has 0 saturated carbocycles. The predicted molar refractivity (Wildman–Crippen MR) is 77.4 cm³/mol. The summed E-state index contributed by atoms with van der Waals surface area (Å²) in [7, 11) is 0. The van der Waals surface area contributed by atoms with Crippen molar-refractivity contribution in [2.24, 2.45) is 0 Å². The number of para-hydroxylation sites is 1. The van der Waals surface area contributed by atoms with Crippen molar-refractivity contribution < 1.29 is 0 Å². The van der Waals surface area contributed by atoms with Gasteiger partial charge in [0.1, 0.15) is 5.69 Å². The van der Waals surface area contributed by atoms with Gasteiger partial charge in [0.15, 0.2) is 0 Å². The molecular weight excluding hydrogens is 250 g/mol. The molecule has 1 N–H and O–H groups in total.